The van der Waals surface area contributed by atoms with Gasteiger partial charge in [-0.1, -0.05) is 23.7 Å². The minimum Gasteiger partial charge on any atom is -0.457 e. The van der Waals surface area contributed by atoms with Crippen LogP contribution in [-0.2, 0) is 21.6 Å². The third kappa shape index (κ3) is 3.65. The number of piperidine rings is 2. The first-order valence-electron chi connectivity index (χ1n) is 10.3. The van der Waals surface area contributed by atoms with Gasteiger partial charge in [-0.3, -0.25) is 0 Å². The zero-order chi connectivity index (χ0) is 22.7. The molecule has 0 unspecified atom stereocenters. The summed E-state index contributed by atoms with van der Waals surface area (Å²) in [6, 6.07) is 10.8. The summed E-state index contributed by atoms with van der Waals surface area (Å²) >= 11 is 5.67. The molecule has 0 spiro atoms. The lowest BCUT2D eigenvalue weighted by molar-refractivity contribution is -0.137. The minimum atomic E-state index is -4.58. The van der Waals surface area contributed by atoms with Crippen molar-refractivity contribution in [3.63, 3.8) is 0 Å². The molecule has 3 fully saturated rings. The molecule has 3 heterocycles. The predicted molar refractivity (Wildman–Crippen MR) is 115 cm³/mol. The molecule has 5 nitrogen and oxygen atoms in total. The van der Waals surface area contributed by atoms with Crippen molar-refractivity contribution in [3.8, 4) is 11.5 Å². The second-order valence-electron chi connectivity index (χ2n) is 8.47. The Morgan fingerprint density at radius 3 is 2.38 bits per heavy atom. The number of benzene rings is 2. The lowest BCUT2D eigenvalue weighted by atomic mass is 9.63. The van der Waals surface area contributed by atoms with E-state index in [4.69, 9.17) is 16.3 Å². The molecule has 2 aromatic rings. The SMILES string of the molecule is O=S1(=O)CCN2C(=N1)C1(c3ccc(Oc4ccc(Cl)c(C(F)(F)F)c4)cc3)CCC2CC1. The van der Waals surface area contributed by atoms with E-state index >= 15 is 0 Å². The van der Waals surface area contributed by atoms with E-state index in [-0.39, 0.29) is 16.5 Å². The van der Waals surface area contributed by atoms with E-state index < -0.39 is 27.2 Å². The topological polar surface area (TPSA) is 59.0 Å². The highest BCUT2D eigenvalue weighted by atomic mass is 35.5. The van der Waals surface area contributed by atoms with Crippen LogP contribution in [0, 0.1) is 0 Å². The van der Waals surface area contributed by atoms with Crippen LogP contribution in [0.1, 0.15) is 36.8 Å². The summed E-state index contributed by atoms with van der Waals surface area (Å²) in [5.74, 6) is 1.07. The molecule has 0 atom stereocenters. The number of fused-ring (bicyclic) bond motifs is 2. The molecule has 1 aliphatic carbocycles. The summed E-state index contributed by atoms with van der Waals surface area (Å²) in [5.41, 5.74) is -0.483. The van der Waals surface area contributed by atoms with Crippen LogP contribution < -0.4 is 4.74 Å². The van der Waals surface area contributed by atoms with E-state index in [1.165, 1.54) is 6.07 Å². The number of nitrogens with zero attached hydrogens (tertiary/aromatic N) is 2. The maximum atomic E-state index is 13.1. The Kier molecular flexibility index (Phi) is 4.98. The molecule has 0 amide bonds. The van der Waals surface area contributed by atoms with Crippen LogP contribution in [0.25, 0.3) is 0 Å². The molecule has 0 radical (unpaired) electrons. The van der Waals surface area contributed by atoms with Gasteiger partial charge in [0.1, 0.15) is 17.3 Å². The Labute approximate surface area is 188 Å². The Bertz CT molecular complexity index is 1190. The smallest absolute Gasteiger partial charge is 0.417 e. The van der Waals surface area contributed by atoms with Gasteiger partial charge in [-0.05, 0) is 61.6 Å². The molecular formula is C22H20ClF3N2O3S. The molecule has 3 aliphatic heterocycles. The summed E-state index contributed by atoms with van der Waals surface area (Å²) < 4.78 is 73.5. The normalized spacial score (nSPS) is 26.4. The minimum absolute atomic E-state index is 0.0275. The van der Waals surface area contributed by atoms with Crippen molar-refractivity contribution in [3.05, 3.63) is 58.6 Å². The fraction of sp³-hybridized carbons (Fsp3) is 0.409. The van der Waals surface area contributed by atoms with Gasteiger partial charge in [0.15, 0.2) is 0 Å². The van der Waals surface area contributed by atoms with Crippen LogP contribution in [0.4, 0.5) is 13.2 Å². The summed E-state index contributed by atoms with van der Waals surface area (Å²) in [5, 5.41) is -0.389. The van der Waals surface area contributed by atoms with Crippen molar-refractivity contribution in [2.45, 2.75) is 43.3 Å². The number of amidine groups is 1. The van der Waals surface area contributed by atoms with Gasteiger partial charge >= 0.3 is 6.18 Å². The molecule has 0 N–H and O–H groups in total. The fourth-order valence-corrected chi connectivity index (χ4v) is 6.37. The van der Waals surface area contributed by atoms with Crippen LogP contribution >= 0.6 is 11.6 Å². The van der Waals surface area contributed by atoms with Crippen LogP contribution in [0.2, 0.25) is 5.02 Å². The van der Waals surface area contributed by atoms with Crippen LogP contribution in [0.3, 0.4) is 0 Å². The zero-order valence-electron chi connectivity index (χ0n) is 16.9. The number of hydrogen-bond donors (Lipinski definition) is 0. The Morgan fingerprint density at radius 2 is 1.72 bits per heavy atom. The molecule has 2 saturated heterocycles. The van der Waals surface area contributed by atoms with Crippen molar-refractivity contribution in [1.82, 2.24) is 4.90 Å². The van der Waals surface area contributed by atoms with E-state index in [0.29, 0.717) is 24.2 Å². The first-order chi connectivity index (χ1) is 15.1. The van der Waals surface area contributed by atoms with Crippen molar-refractivity contribution in [2.75, 3.05) is 12.3 Å². The summed E-state index contributed by atoms with van der Waals surface area (Å²) in [7, 11) is -3.47. The molecule has 170 valence electrons. The summed E-state index contributed by atoms with van der Waals surface area (Å²) in [6.45, 7) is 0.465. The predicted octanol–water partition coefficient (Wildman–Crippen LogP) is 5.39. The molecule has 2 aromatic carbocycles. The fourth-order valence-electron chi connectivity index (χ4n) is 5.08. The molecule has 32 heavy (non-hydrogen) atoms. The number of halogens is 4. The summed E-state index contributed by atoms with van der Waals surface area (Å²) in [4.78, 5) is 2.14. The van der Waals surface area contributed by atoms with E-state index in [2.05, 4.69) is 9.30 Å². The van der Waals surface area contributed by atoms with Crippen LogP contribution in [0.15, 0.2) is 46.9 Å². The highest BCUT2D eigenvalue weighted by molar-refractivity contribution is 7.90. The monoisotopic (exact) mass is 484 g/mol. The second kappa shape index (κ2) is 7.38. The van der Waals surface area contributed by atoms with Gasteiger partial charge in [0.2, 0.25) is 0 Å². The standard InChI is InChI=1S/C22H20ClF3N2O3S/c23-19-6-5-17(13-18(19)22(24,25)26)31-16-3-1-14(2-4-16)21-9-7-15(8-10-21)28-11-12-32(29,30)27-20(21)28/h1-6,13,15H,7-12H2. The first kappa shape index (κ1) is 21.6. The highest BCUT2D eigenvalue weighted by Gasteiger charge is 2.52. The van der Waals surface area contributed by atoms with Crippen molar-refractivity contribution >= 4 is 27.5 Å². The van der Waals surface area contributed by atoms with Crippen LogP contribution in [0.5, 0.6) is 11.5 Å². The quantitative estimate of drug-likeness (QED) is 0.586. The Hall–Kier alpha value is -2.26. The van der Waals surface area contributed by atoms with Gasteiger partial charge in [-0.15, -0.1) is 4.40 Å². The average molecular weight is 485 g/mol. The number of rotatable bonds is 3. The van der Waals surface area contributed by atoms with E-state index in [1.54, 1.807) is 12.1 Å². The van der Waals surface area contributed by atoms with Gasteiger partial charge in [-0.2, -0.15) is 13.2 Å². The molecule has 6 rings (SSSR count). The largest absolute Gasteiger partial charge is 0.457 e. The average Bonchev–Trinajstić information content (AvgIpc) is 2.75. The Morgan fingerprint density at radius 1 is 1.06 bits per heavy atom. The lowest BCUT2D eigenvalue weighted by Crippen LogP contribution is -2.62. The third-order valence-corrected chi connectivity index (χ3v) is 8.13. The van der Waals surface area contributed by atoms with Crippen molar-refractivity contribution in [1.29, 1.82) is 0 Å². The molecular weight excluding hydrogens is 465 g/mol. The number of hydrogen-bond acceptors (Lipinski definition) is 4. The second-order valence-corrected chi connectivity index (χ2v) is 10.6. The van der Waals surface area contributed by atoms with E-state index in [1.807, 2.05) is 12.1 Å². The Balaban J connectivity index is 1.45. The van der Waals surface area contributed by atoms with Crippen LogP contribution in [-0.4, -0.2) is 37.5 Å². The molecule has 1 saturated carbocycles. The lowest BCUT2D eigenvalue weighted by Gasteiger charge is -2.55. The number of alkyl halides is 3. The first-order valence-corrected chi connectivity index (χ1v) is 12.3. The van der Waals surface area contributed by atoms with Crippen molar-refractivity contribution < 1.29 is 26.3 Å². The maximum absolute atomic E-state index is 13.1. The maximum Gasteiger partial charge on any atom is 0.417 e. The third-order valence-electron chi connectivity index (χ3n) is 6.65. The molecule has 0 aromatic heterocycles. The summed E-state index contributed by atoms with van der Waals surface area (Å²) in [6.07, 6.45) is -0.999. The molecule has 4 aliphatic rings. The van der Waals surface area contributed by atoms with E-state index in [9.17, 15) is 21.6 Å². The highest BCUT2D eigenvalue weighted by Crippen LogP contribution is 2.49. The number of sulfonamides is 1. The van der Waals surface area contributed by atoms with Gasteiger partial charge < -0.3 is 9.64 Å². The van der Waals surface area contributed by atoms with E-state index in [0.717, 1.165) is 43.4 Å². The van der Waals surface area contributed by atoms with Crippen molar-refractivity contribution in [2.24, 2.45) is 4.40 Å². The zero-order valence-corrected chi connectivity index (χ0v) is 18.5. The molecule has 2 bridgehead atoms. The van der Waals surface area contributed by atoms with Gasteiger partial charge in [0, 0.05) is 12.6 Å². The number of ether oxygens (including phenoxy) is 1. The van der Waals surface area contributed by atoms with Gasteiger partial charge in [-0.25, -0.2) is 8.42 Å². The van der Waals surface area contributed by atoms with Gasteiger partial charge in [0.25, 0.3) is 10.0 Å². The van der Waals surface area contributed by atoms with Gasteiger partial charge in [0.05, 0.1) is 21.8 Å². The molecule has 10 heteroatoms.